The summed E-state index contributed by atoms with van der Waals surface area (Å²) >= 11 is 0. The van der Waals surface area contributed by atoms with Crippen LogP contribution in [0.4, 0.5) is 0 Å². The van der Waals surface area contributed by atoms with Gasteiger partial charge in [0.25, 0.3) is 0 Å². The maximum absolute atomic E-state index is 11.5. The number of ether oxygens (including phenoxy) is 1. The van der Waals surface area contributed by atoms with Gasteiger partial charge in [0.05, 0.1) is 0 Å². The van der Waals surface area contributed by atoms with Crippen LogP contribution in [-0.2, 0) is 16.1 Å². The summed E-state index contributed by atoms with van der Waals surface area (Å²) in [6, 6.07) is 8.84. The van der Waals surface area contributed by atoms with Gasteiger partial charge in [-0.3, -0.25) is 4.79 Å². The third-order valence-electron chi connectivity index (χ3n) is 2.21. The van der Waals surface area contributed by atoms with E-state index in [2.05, 4.69) is 5.32 Å². The fourth-order valence-electron chi connectivity index (χ4n) is 1.28. The number of benzene rings is 1. The van der Waals surface area contributed by atoms with Crippen LogP contribution in [0.5, 0.6) is 0 Å². The van der Waals surface area contributed by atoms with Crippen LogP contribution in [0.25, 0.3) is 0 Å². The summed E-state index contributed by atoms with van der Waals surface area (Å²) in [5.41, 5.74) is 11.9. The molecule has 0 spiro atoms. The largest absolute Gasteiger partial charge is 0.460 e. The van der Waals surface area contributed by atoms with E-state index in [0.29, 0.717) is 19.6 Å². The van der Waals surface area contributed by atoms with Crippen molar-refractivity contribution < 1.29 is 9.53 Å². The Morgan fingerprint density at radius 2 is 2.06 bits per heavy atom. The zero-order chi connectivity index (χ0) is 12.5. The van der Waals surface area contributed by atoms with E-state index in [0.717, 1.165) is 5.56 Å². The van der Waals surface area contributed by atoms with Crippen LogP contribution in [0, 0.1) is 0 Å². The number of carbonyl (C=O) groups is 1. The first-order valence-electron chi connectivity index (χ1n) is 5.61. The van der Waals surface area contributed by atoms with Crippen molar-refractivity contribution >= 4 is 5.97 Å². The highest BCUT2D eigenvalue weighted by atomic mass is 16.5. The quantitative estimate of drug-likeness (QED) is 0.443. The van der Waals surface area contributed by atoms with Crippen LogP contribution < -0.4 is 16.8 Å². The van der Waals surface area contributed by atoms with E-state index in [1.807, 2.05) is 30.3 Å². The summed E-state index contributed by atoms with van der Waals surface area (Å²) in [4.78, 5) is 11.5. The van der Waals surface area contributed by atoms with E-state index < -0.39 is 12.0 Å². The lowest BCUT2D eigenvalue weighted by atomic mass is 10.2. The lowest BCUT2D eigenvalue weighted by Crippen LogP contribution is -2.42. The Morgan fingerprint density at radius 3 is 2.71 bits per heavy atom. The Morgan fingerprint density at radius 1 is 1.35 bits per heavy atom. The van der Waals surface area contributed by atoms with Gasteiger partial charge in [0, 0.05) is 19.6 Å². The molecule has 5 N–H and O–H groups in total. The molecule has 5 nitrogen and oxygen atoms in total. The van der Waals surface area contributed by atoms with Crippen LogP contribution in [0.3, 0.4) is 0 Å². The standard InChI is InChI=1S/C12H19N3O2/c13-6-7-15-8-11(14)12(16)17-9-10-4-2-1-3-5-10/h1-5,11,15H,6-9,13-14H2/t11-/m1/s1. The van der Waals surface area contributed by atoms with Gasteiger partial charge in [0.1, 0.15) is 12.6 Å². The van der Waals surface area contributed by atoms with Crippen molar-refractivity contribution in [2.24, 2.45) is 11.5 Å². The summed E-state index contributed by atoms with van der Waals surface area (Å²) in [6.45, 7) is 1.79. The molecule has 0 aliphatic rings. The molecule has 0 amide bonds. The van der Waals surface area contributed by atoms with Gasteiger partial charge < -0.3 is 21.5 Å². The molecular weight excluding hydrogens is 218 g/mol. The normalized spacial score (nSPS) is 12.1. The molecule has 0 aliphatic heterocycles. The monoisotopic (exact) mass is 237 g/mol. The second kappa shape index (κ2) is 7.78. The first kappa shape index (κ1) is 13.6. The van der Waals surface area contributed by atoms with E-state index in [1.165, 1.54) is 0 Å². The minimum absolute atomic E-state index is 0.254. The number of nitrogens with one attached hydrogen (secondary N) is 1. The first-order chi connectivity index (χ1) is 8.24. The van der Waals surface area contributed by atoms with E-state index in [-0.39, 0.29) is 6.61 Å². The zero-order valence-electron chi connectivity index (χ0n) is 9.76. The fourth-order valence-corrected chi connectivity index (χ4v) is 1.28. The molecule has 1 atom stereocenters. The highest BCUT2D eigenvalue weighted by molar-refractivity contribution is 5.75. The molecule has 0 heterocycles. The van der Waals surface area contributed by atoms with Gasteiger partial charge >= 0.3 is 5.97 Å². The zero-order valence-corrected chi connectivity index (χ0v) is 9.76. The number of carbonyl (C=O) groups excluding carboxylic acids is 1. The number of esters is 1. The van der Waals surface area contributed by atoms with Crippen molar-refractivity contribution in [3.8, 4) is 0 Å². The molecule has 0 unspecified atom stereocenters. The fraction of sp³-hybridized carbons (Fsp3) is 0.417. The predicted molar refractivity (Wildman–Crippen MR) is 66.1 cm³/mol. The second-order valence-corrected chi connectivity index (χ2v) is 3.69. The SMILES string of the molecule is NCCNC[C@@H](N)C(=O)OCc1ccccc1. The van der Waals surface area contributed by atoms with E-state index in [1.54, 1.807) is 0 Å². The van der Waals surface area contributed by atoms with Gasteiger partial charge in [-0.1, -0.05) is 30.3 Å². The maximum Gasteiger partial charge on any atom is 0.324 e. The van der Waals surface area contributed by atoms with Gasteiger partial charge in [-0.25, -0.2) is 0 Å². The highest BCUT2D eigenvalue weighted by Crippen LogP contribution is 2.01. The van der Waals surface area contributed by atoms with Gasteiger partial charge in [0.2, 0.25) is 0 Å². The Bertz CT molecular complexity index is 330. The van der Waals surface area contributed by atoms with Crippen molar-refractivity contribution in [3.05, 3.63) is 35.9 Å². The molecule has 0 fully saturated rings. The smallest absolute Gasteiger partial charge is 0.324 e. The molecular formula is C12H19N3O2. The molecule has 0 aromatic heterocycles. The summed E-state index contributed by atoms with van der Waals surface area (Å²) in [5.74, 6) is -0.404. The van der Waals surface area contributed by atoms with Gasteiger partial charge in [0.15, 0.2) is 0 Å². The van der Waals surface area contributed by atoms with Crippen LogP contribution >= 0.6 is 0 Å². The molecule has 17 heavy (non-hydrogen) atoms. The van der Waals surface area contributed by atoms with Crippen LogP contribution in [0.1, 0.15) is 5.56 Å². The molecule has 0 saturated carbocycles. The maximum atomic E-state index is 11.5. The third kappa shape index (κ3) is 5.44. The average Bonchev–Trinajstić information content (AvgIpc) is 2.37. The van der Waals surface area contributed by atoms with Gasteiger partial charge in [-0.2, -0.15) is 0 Å². The third-order valence-corrected chi connectivity index (χ3v) is 2.21. The van der Waals surface area contributed by atoms with Crippen molar-refractivity contribution in [3.63, 3.8) is 0 Å². The molecule has 1 rings (SSSR count). The number of rotatable bonds is 7. The van der Waals surface area contributed by atoms with Crippen molar-refractivity contribution in [2.45, 2.75) is 12.6 Å². The van der Waals surface area contributed by atoms with Gasteiger partial charge in [-0.15, -0.1) is 0 Å². The summed E-state index contributed by atoms with van der Waals surface area (Å²) < 4.78 is 5.09. The molecule has 1 aromatic carbocycles. The molecule has 0 saturated heterocycles. The molecule has 0 bridgehead atoms. The minimum atomic E-state index is -0.648. The summed E-state index contributed by atoms with van der Waals surface area (Å²) in [7, 11) is 0. The Kier molecular flexibility index (Phi) is 6.24. The molecule has 1 aromatic rings. The molecule has 0 radical (unpaired) electrons. The Hall–Kier alpha value is -1.43. The van der Waals surface area contributed by atoms with Crippen LogP contribution in [0.15, 0.2) is 30.3 Å². The van der Waals surface area contributed by atoms with Gasteiger partial charge in [-0.05, 0) is 5.56 Å². The van der Waals surface area contributed by atoms with E-state index in [4.69, 9.17) is 16.2 Å². The molecule has 0 aliphatic carbocycles. The molecule has 94 valence electrons. The predicted octanol–water partition coefficient (Wildman–Crippen LogP) is -0.395. The van der Waals surface area contributed by atoms with E-state index in [9.17, 15) is 4.79 Å². The Labute approximate surface area is 101 Å². The lowest BCUT2D eigenvalue weighted by molar-refractivity contribution is -0.146. The van der Waals surface area contributed by atoms with Crippen LogP contribution in [0.2, 0.25) is 0 Å². The summed E-state index contributed by atoms with van der Waals surface area (Å²) in [5, 5.41) is 2.96. The van der Waals surface area contributed by atoms with Crippen molar-refractivity contribution in [2.75, 3.05) is 19.6 Å². The topological polar surface area (TPSA) is 90.4 Å². The minimum Gasteiger partial charge on any atom is -0.460 e. The number of hydrogen-bond acceptors (Lipinski definition) is 5. The van der Waals surface area contributed by atoms with Crippen molar-refractivity contribution in [1.82, 2.24) is 5.32 Å². The van der Waals surface area contributed by atoms with E-state index >= 15 is 0 Å². The average molecular weight is 237 g/mol. The summed E-state index contributed by atoms with van der Waals surface area (Å²) in [6.07, 6.45) is 0. The second-order valence-electron chi connectivity index (χ2n) is 3.69. The highest BCUT2D eigenvalue weighted by Gasteiger charge is 2.14. The number of hydrogen-bond donors (Lipinski definition) is 3. The molecule has 5 heteroatoms. The first-order valence-corrected chi connectivity index (χ1v) is 5.61. The Balaban J connectivity index is 2.24. The van der Waals surface area contributed by atoms with Crippen molar-refractivity contribution in [1.29, 1.82) is 0 Å². The lowest BCUT2D eigenvalue weighted by Gasteiger charge is -2.12. The van der Waals surface area contributed by atoms with Crippen LogP contribution in [-0.4, -0.2) is 31.6 Å². The number of nitrogens with two attached hydrogens (primary N) is 2.